The van der Waals surface area contributed by atoms with Crippen molar-refractivity contribution in [3.8, 4) is 22.9 Å². The zero-order valence-electron chi connectivity index (χ0n) is 38.6. The second-order valence-electron chi connectivity index (χ2n) is 16.0. The summed E-state index contributed by atoms with van der Waals surface area (Å²) in [7, 11) is 3.78. The van der Waals surface area contributed by atoms with Crippen molar-refractivity contribution in [3.63, 3.8) is 0 Å². The molecule has 66 heavy (non-hydrogen) atoms. The minimum Gasteiger partial charge on any atom is -0.494 e. The molecule has 8 rings (SSSR count). The fraction of sp³-hybridized carbons (Fsp3) is 0.320. The minimum atomic E-state index is -0.584. The summed E-state index contributed by atoms with van der Waals surface area (Å²) < 4.78 is 43.7. The summed E-state index contributed by atoms with van der Waals surface area (Å²) in [6.45, 7) is 13.3. The summed E-state index contributed by atoms with van der Waals surface area (Å²) in [5, 5.41) is 49.5. The number of aliphatic hydroxyl groups excluding tert-OH is 2. The first-order valence-electron chi connectivity index (χ1n) is 22.0. The predicted molar refractivity (Wildman–Crippen MR) is 253 cm³/mol. The Bertz CT molecular complexity index is 2710. The highest BCUT2D eigenvalue weighted by atomic mass is 19.1. The Hall–Kier alpha value is -7.04. The first-order valence-corrected chi connectivity index (χ1v) is 22.0. The third kappa shape index (κ3) is 10.1. The summed E-state index contributed by atoms with van der Waals surface area (Å²) in [5.74, 6) is 1.29. The molecule has 0 bridgehead atoms. The van der Waals surface area contributed by atoms with E-state index in [1.54, 1.807) is 33.6 Å². The van der Waals surface area contributed by atoms with Gasteiger partial charge >= 0.3 is 0 Å². The fourth-order valence-electron chi connectivity index (χ4n) is 7.97. The van der Waals surface area contributed by atoms with E-state index in [9.17, 15) is 19.0 Å². The van der Waals surface area contributed by atoms with Crippen LogP contribution in [0.4, 0.5) is 20.4 Å². The molecule has 2 atom stereocenters. The van der Waals surface area contributed by atoms with Crippen molar-refractivity contribution in [2.24, 2.45) is 0 Å². The maximum atomic E-state index is 14.9. The Labute approximate surface area is 383 Å². The van der Waals surface area contributed by atoms with Crippen LogP contribution in [0.25, 0.3) is 33.2 Å². The van der Waals surface area contributed by atoms with Crippen LogP contribution in [0.3, 0.4) is 0 Å². The number of aryl methyl sites for hydroxylation is 4. The standard InChI is InChI=1S/2C25H28FN5O2/c2*1-5-33-19-11-12-21(20(26)15-19)31-17(3)23-16(2)27-28-25(24(23)29-31)30(4)14-13-22(32)18-9-7-6-8-10-18/h2*6-12,15,22,32H,5,13-14H2,1-4H3/t2*22-/m10/s1. The Kier molecular flexibility index (Phi) is 14.8. The number of hydrogen-bond acceptors (Lipinski definition) is 12. The van der Waals surface area contributed by atoms with Gasteiger partial charge in [0.2, 0.25) is 0 Å². The highest BCUT2D eigenvalue weighted by molar-refractivity contribution is 5.93. The van der Waals surface area contributed by atoms with E-state index in [2.05, 4.69) is 20.4 Å². The van der Waals surface area contributed by atoms with Gasteiger partial charge in [-0.1, -0.05) is 60.7 Å². The highest BCUT2D eigenvalue weighted by Gasteiger charge is 2.23. The van der Waals surface area contributed by atoms with Gasteiger partial charge in [-0.3, -0.25) is 0 Å². The Morgan fingerprint density at radius 1 is 0.561 bits per heavy atom. The summed E-state index contributed by atoms with van der Waals surface area (Å²) in [6.07, 6.45) is -0.130. The van der Waals surface area contributed by atoms with Gasteiger partial charge in [-0.05, 0) is 89.8 Å². The number of halogens is 2. The Balaban J connectivity index is 0.000000196. The lowest BCUT2D eigenvalue weighted by atomic mass is 10.1. The number of hydrogen-bond donors (Lipinski definition) is 2. The quantitative estimate of drug-likeness (QED) is 0.0952. The highest BCUT2D eigenvalue weighted by Crippen LogP contribution is 2.33. The maximum Gasteiger partial charge on any atom is 0.179 e. The molecule has 0 amide bonds. The zero-order chi connectivity index (χ0) is 47.1. The van der Waals surface area contributed by atoms with Gasteiger partial charge in [0.15, 0.2) is 23.3 Å². The lowest BCUT2D eigenvalue weighted by molar-refractivity contribution is 0.169. The number of nitrogens with zero attached hydrogens (tertiary/aromatic N) is 10. The van der Waals surface area contributed by atoms with E-state index in [4.69, 9.17) is 19.7 Å². The van der Waals surface area contributed by atoms with Gasteiger partial charge < -0.3 is 29.5 Å². The molecule has 0 saturated heterocycles. The molecule has 0 radical (unpaired) electrons. The SMILES string of the molecule is CCOc1ccc(-n2nc3c(N(C)CC[C@@H](O)c4ccccc4)nnc(C)c3c2C)c(F)c1.CCOc1ccc(-n2nc3c(N(C)CC[C@H](O)c4ccccc4)nnc(C)c3c2C)c(F)c1. The number of fused-ring (bicyclic) bond motifs is 2. The van der Waals surface area contributed by atoms with Gasteiger partial charge in [0.05, 0.1) is 59.0 Å². The van der Waals surface area contributed by atoms with E-state index in [0.29, 0.717) is 84.7 Å². The van der Waals surface area contributed by atoms with Crippen LogP contribution in [0.15, 0.2) is 97.1 Å². The third-order valence-corrected chi connectivity index (χ3v) is 11.5. The van der Waals surface area contributed by atoms with Crippen LogP contribution < -0.4 is 19.3 Å². The van der Waals surface area contributed by atoms with E-state index < -0.39 is 23.8 Å². The van der Waals surface area contributed by atoms with Crippen LogP contribution in [0, 0.1) is 39.3 Å². The van der Waals surface area contributed by atoms with Crippen molar-refractivity contribution in [1.82, 2.24) is 40.0 Å². The molecular weight excluding hydrogens is 843 g/mol. The minimum absolute atomic E-state index is 0.333. The van der Waals surface area contributed by atoms with Crippen molar-refractivity contribution in [1.29, 1.82) is 0 Å². The summed E-state index contributed by atoms with van der Waals surface area (Å²) in [6, 6.07) is 28.6. The molecule has 4 aromatic carbocycles. The number of anilines is 2. The molecule has 16 heteroatoms. The fourth-order valence-corrected chi connectivity index (χ4v) is 7.97. The molecule has 14 nitrogen and oxygen atoms in total. The number of rotatable bonds is 16. The first-order chi connectivity index (χ1) is 31.8. The van der Waals surface area contributed by atoms with Crippen molar-refractivity contribution in [2.75, 3.05) is 50.2 Å². The maximum absolute atomic E-state index is 14.9. The smallest absolute Gasteiger partial charge is 0.179 e. The average Bonchev–Trinajstić information content (AvgIpc) is 3.85. The number of aliphatic hydroxyl groups is 2. The molecule has 0 saturated carbocycles. The molecule has 0 aliphatic rings. The summed E-state index contributed by atoms with van der Waals surface area (Å²) in [5.41, 5.74) is 6.70. The van der Waals surface area contributed by atoms with Gasteiger partial charge in [0.1, 0.15) is 33.9 Å². The molecule has 2 N–H and O–H groups in total. The van der Waals surface area contributed by atoms with Crippen LogP contribution in [0.1, 0.15) is 72.8 Å². The van der Waals surface area contributed by atoms with Gasteiger partial charge in [-0.25, -0.2) is 18.1 Å². The van der Waals surface area contributed by atoms with Crippen molar-refractivity contribution >= 4 is 33.4 Å². The van der Waals surface area contributed by atoms with Crippen molar-refractivity contribution < 1.29 is 28.5 Å². The molecule has 0 aliphatic carbocycles. The molecular formula is C50H56F2N10O4. The van der Waals surface area contributed by atoms with Crippen LogP contribution in [0.5, 0.6) is 11.5 Å². The van der Waals surface area contributed by atoms with Crippen molar-refractivity contribution in [3.05, 3.63) is 143 Å². The van der Waals surface area contributed by atoms with Gasteiger partial charge in [0.25, 0.3) is 0 Å². The molecule has 0 fully saturated rings. The van der Waals surface area contributed by atoms with E-state index in [1.807, 2.05) is 126 Å². The van der Waals surface area contributed by atoms with E-state index in [0.717, 1.165) is 44.7 Å². The topological polar surface area (TPSA) is 153 Å². The predicted octanol–water partition coefficient (Wildman–Crippen LogP) is 9.06. The third-order valence-electron chi connectivity index (χ3n) is 11.5. The van der Waals surface area contributed by atoms with E-state index in [-0.39, 0.29) is 0 Å². The molecule has 344 valence electrons. The van der Waals surface area contributed by atoms with E-state index >= 15 is 0 Å². The number of ether oxygens (including phenoxy) is 2. The second-order valence-corrected chi connectivity index (χ2v) is 16.0. The van der Waals surface area contributed by atoms with Gasteiger partial charge in [-0.15, -0.1) is 10.2 Å². The summed E-state index contributed by atoms with van der Waals surface area (Å²) in [4.78, 5) is 3.85. The van der Waals surface area contributed by atoms with Crippen LogP contribution >= 0.6 is 0 Å². The second kappa shape index (κ2) is 20.9. The number of aromatic nitrogens is 8. The van der Waals surface area contributed by atoms with Crippen LogP contribution in [-0.2, 0) is 0 Å². The lowest BCUT2D eigenvalue weighted by Crippen LogP contribution is -2.22. The molecule has 4 heterocycles. The average molecular weight is 899 g/mol. The van der Waals surface area contributed by atoms with Gasteiger partial charge in [0, 0.05) is 39.3 Å². The lowest BCUT2D eigenvalue weighted by Gasteiger charge is -2.20. The number of benzene rings is 4. The monoisotopic (exact) mass is 898 g/mol. The van der Waals surface area contributed by atoms with Crippen LogP contribution in [0.2, 0.25) is 0 Å². The molecule has 0 spiro atoms. The van der Waals surface area contributed by atoms with Crippen molar-refractivity contribution in [2.45, 2.75) is 66.6 Å². The normalized spacial score (nSPS) is 12.2. The molecule has 0 unspecified atom stereocenters. The Morgan fingerprint density at radius 3 is 1.29 bits per heavy atom. The molecule has 8 aromatic rings. The Morgan fingerprint density at radius 2 is 0.939 bits per heavy atom. The van der Waals surface area contributed by atoms with Gasteiger partial charge in [-0.2, -0.15) is 20.4 Å². The van der Waals surface area contributed by atoms with E-state index in [1.165, 1.54) is 12.1 Å². The van der Waals surface area contributed by atoms with Crippen LogP contribution in [-0.4, -0.2) is 90.6 Å². The first kappa shape index (κ1) is 46.9. The zero-order valence-corrected chi connectivity index (χ0v) is 38.6. The molecule has 4 aromatic heterocycles. The largest absolute Gasteiger partial charge is 0.494 e. The summed E-state index contributed by atoms with van der Waals surface area (Å²) >= 11 is 0. The molecule has 0 aliphatic heterocycles.